The standard InChI is InChI=1S/C21H23N5O/c1-15-13-25(21(27)20(22)17-10-6-3-7-11-17)14-19-24-23-18(26(15)19)12-16-8-4-2-5-9-16/h2-11,15,20H,12-14,22H2,1H3/t15-,20-/m0/s1. The summed E-state index contributed by atoms with van der Waals surface area (Å²) in [4.78, 5) is 14.7. The molecule has 6 nitrogen and oxygen atoms in total. The molecule has 4 rings (SSSR count). The molecule has 0 spiro atoms. The zero-order valence-electron chi connectivity index (χ0n) is 15.3. The number of amides is 1. The molecular weight excluding hydrogens is 338 g/mol. The smallest absolute Gasteiger partial charge is 0.244 e. The number of nitrogens with two attached hydrogens (primary N) is 1. The molecule has 2 aromatic carbocycles. The number of fused-ring (bicyclic) bond motifs is 1. The predicted octanol–water partition coefficient (Wildman–Crippen LogP) is 2.47. The maximum absolute atomic E-state index is 12.9. The highest BCUT2D eigenvalue weighted by Gasteiger charge is 2.31. The van der Waals surface area contributed by atoms with Crippen LogP contribution in [0.1, 0.15) is 41.8 Å². The number of aromatic nitrogens is 3. The van der Waals surface area contributed by atoms with Crippen molar-refractivity contribution in [2.75, 3.05) is 6.54 Å². The number of rotatable bonds is 4. The van der Waals surface area contributed by atoms with E-state index in [9.17, 15) is 4.79 Å². The van der Waals surface area contributed by atoms with E-state index in [0.717, 1.165) is 23.6 Å². The van der Waals surface area contributed by atoms with E-state index in [-0.39, 0.29) is 11.9 Å². The molecule has 3 aromatic rings. The lowest BCUT2D eigenvalue weighted by Gasteiger charge is -2.34. The van der Waals surface area contributed by atoms with Gasteiger partial charge in [0.05, 0.1) is 12.6 Å². The van der Waals surface area contributed by atoms with Crippen LogP contribution in [0.4, 0.5) is 0 Å². The molecule has 1 aromatic heterocycles. The maximum Gasteiger partial charge on any atom is 0.244 e. The number of benzene rings is 2. The van der Waals surface area contributed by atoms with Crippen molar-refractivity contribution in [1.29, 1.82) is 0 Å². The highest BCUT2D eigenvalue weighted by atomic mass is 16.2. The lowest BCUT2D eigenvalue weighted by molar-refractivity contribution is -0.134. The quantitative estimate of drug-likeness (QED) is 0.774. The van der Waals surface area contributed by atoms with Crippen molar-refractivity contribution in [1.82, 2.24) is 19.7 Å². The van der Waals surface area contributed by atoms with E-state index in [1.807, 2.05) is 48.5 Å². The molecule has 0 saturated heterocycles. The van der Waals surface area contributed by atoms with Gasteiger partial charge in [0, 0.05) is 13.0 Å². The summed E-state index contributed by atoms with van der Waals surface area (Å²) in [7, 11) is 0. The van der Waals surface area contributed by atoms with Gasteiger partial charge in [-0.3, -0.25) is 4.79 Å². The second-order valence-electron chi connectivity index (χ2n) is 7.02. The first kappa shape index (κ1) is 17.4. The zero-order valence-corrected chi connectivity index (χ0v) is 15.3. The predicted molar refractivity (Wildman–Crippen MR) is 103 cm³/mol. The van der Waals surface area contributed by atoms with E-state index >= 15 is 0 Å². The molecule has 1 amide bonds. The van der Waals surface area contributed by atoms with Crippen LogP contribution in [0.5, 0.6) is 0 Å². The van der Waals surface area contributed by atoms with Crippen molar-refractivity contribution in [3.05, 3.63) is 83.4 Å². The van der Waals surface area contributed by atoms with Gasteiger partial charge in [-0.2, -0.15) is 0 Å². The normalized spacial score (nSPS) is 17.4. The Labute approximate surface area is 158 Å². The molecule has 2 heterocycles. The zero-order chi connectivity index (χ0) is 18.8. The number of carbonyl (C=O) groups is 1. The summed E-state index contributed by atoms with van der Waals surface area (Å²) in [6.45, 7) is 3.13. The summed E-state index contributed by atoms with van der Waals surface area (Å²) in [6, 6.07) is 19.2. The van der Waals surface area contributed by atoms with E-state index in [0.29, 0.717) is 13.1 Å². The van der Waals surface area contributed by atoms with Gasteiger partial charge in [0.1, 0.15) is 11.9 Å². The maximum atomic E-state index is 12.9. The summed E-state index contributed by atoms with van der Waals surface area (Å²) < 4.78 is 2.16. The molecule has 0 bridgehead atoms. The molecule has 2 N–H and O–H groups in total. The van der Waals surface area contributed by atoms with Gasteiger partial charge in [0.25, 0.3) is 0 Å². The first-order chi connectivity index (χ1) is 13.1. The number of nitrogens with zero attached hydrogens (tertiary/aromatic N) is 4. The van der Waals surface area contributed by atoms with Gasteiger partial charge in [0.2, 0.25) is 5.91 Å². The van der Waals surface area contributed by atoms with Crippen molar-refractivity contribution in [2.24, 2.45) is 5.73 Å². The van der Waals surface area contributed by atoms with Crippen molar-refractivity contribution in [3.8, 4) is 0 Å². The first-order valence-corrected chi connectivity index (χ1v) is 9.19. The topological polar surface area (TPSA) is 77.0 Å². The van der Waals surface area contributed by atoms with Gasteiger partial charge in [-0.15, -0.1) is 10.2 Å². The Morgan fingerprint density at radius 3 is 2.48 bits per heavy atom. The molecule has 2 atom stereocenters. The fourth-order valence-corrected chi connectivity index (χ4v) is 3.68. The van der Waals surface area contributed by atoms with Crippen molar-refractivity contribution < 1.29 is 4.79 Å². The summed E-state index contributed by atoms with van der Waals surface area (Å²) in [5, 5.41) is 8.73. The Balaban J connectivity index is 1.53. The Kier molecular flexibility index (Phi) is 4.73. The van der Waals surface area contributed by atoms with Crippen LogP contribution in [-0.2, 0) is 17.8 Å². The second-order valence-corrected chi connectivity index (χ2v) is 7.02. The summed E-state index contributed by atoms with van der Waals surface area (Å²) in [6.07, 6.45) is 0.732. The summed E-state index contributed by atoms with van der Waals surface area (Å²) in [5.41, 5.74) is 8.23. The Morgan fingerprint density at radius 1 is 1.11 bits per heavy atom. The minimum absolute atomic E-state index is 0.0769. The Bertz CT molecular complexity index is 922. The van der Waals surface area contributed by atoms with Crippen LogP contribution in [0.15, 0.2) is 60.7 Å². The van der Waals surface area contributed by atoms with Crippen LogP contribution in [-0.4, -0.2) is 32.1 Å². The average Bonchev–Trinajstić information content (AvgIpc) is 3.11. The third-order valence-corrected chi connectivity index (χ3v) is 5.04. The van der Waals surface area contributed by atoms with Crippen LogP contribution < -0.4 is 5.73 Å². The van der Waals surface area contributed by atoms with E-state index < -0.39 is 6.04 Å². The monoisotopic (exact) mass is 361 g/mol. The Hall–Kier alpha value is -2.99. The molecule has 1 aliphatic heterocycles. The lowest BCUT2D eigenvalue weighted by atomic mass is 10.1. The molecule has 0 aliphatic carbocycles. The summed E-state index contributed by atoms with van der Waals surface area (Å²) in [5.74, 6) is 1.67. The van der Waals surface area contributed by atoms with Crippen LogP contribution in [0.3, 0.4) is 0 Å². The number of carbonyl (C=O) groups excluding carboxylic acids is 1. The van der Waals surface area contributed by atoms with Gasteiger partial charge in [-0.1, -0.05) is 60.7 Å². The average molecular weight is 361 g/mol. The fourth-order valence-electron chi connectivity index (χ4n) is 3.68. The van der Waals surface area contributed by atoms with Crippen LogP contribution in [0.2, 0.25) is 0 Å². The molecule has 0 unspecified atom stereocenters. The molecule has 27 heavy (non-hydrogen) atoms. The number of hydrogen-bond acceptors (Lipinski definition) is 4. The Morgan fingerprint density at radius 2 is 1.78 bits per heavy atom. The third kappa shape index (κ3) is 3.48. The highest BCUT2D eigenvalue weighted by Crippen LogP contribution is 2.25. The van der Waals surface area contributed by atoms with Crippen LogP contribution in [0.25, 0.3) is 0 Å². The van der Waals surface area contributed by atoms with Crippen molar-refractivity contribution in [3.63, 3.8) is 0 Å². The van der Waals surface area contributed by atoms with Gasteiger partial charge in [-0.25, -0.2) is 0 Å². The van der Waals surface area contributed by atoms with Crippen molar-refractivity contribution in [2.45, 2.75) is 32.0 Å². The molecule has 0 radical (unpaired) electrons. The molecule has 6 heteroatoms. The van der Waals surface area contributed by atoms with Crippen LogP contribution in [0, 0.1) is 0 Å². The van der Waals surface area contributed by atoms with Crippen molar-refractivity contribution >= 4 is 5.91 Å². The highest BCUT2D eigenvalue weighted by molar-refractivity contribution is 5.83. The van der Waals surface area contributed by atoms with Gasteiger partial charge in [0.15, 0.2) is 5.82 Å². The molecular formula is C21H23N5O. The summed E-state index contributed by atoms with van der Waals surface area (Å²) >= 11 is 0. The second kappa shape index (κ2) is 7.32. The minimum Gasteiger partial charge on any atom is -0.331 e. The van der Waals surface area contributed by atoms with E-state index in [2.05, 4.69) is 33.8 Å². The molecule has 0 saturated carbocycles. The van der Waals surface area contributed by atoms with Gasteiger partial charge < -0.3 is 15.2 Å². The first-order valence-electron chi connectivity index (χ1n) is 9.19. The molecule has 0 fully saturated rings. The minimum atomic E-state index is -0.656. The molecule has 138 valence electrons. The van der Waals surface area contributed by atoms with E-state index in [4.69, 9.17) is 5.73 Å². The van der Waals surface area contributed by atoms with Gasteiger partial charge in [-0.05, 0) is 18.1 Å². The molecule has 1 aliphatic rings. The van der Waals surface area contributed by atoms with E-state index in [1.54, 1.807) is 4.90 Å². The number of hydrogen-bond donors (Lipinski definition) is 1. The van der Waals surface area contributed by atoms with E-state index in [1.165, 1.54) is 5.56 Å². The van der Waals surface area contributed by atoms with Crippen LogP contribution >= 0.6 is 0 Å². The SMILES string of the molecule is C[C@H]1CN(C(=O)[C@@H](N)c2ccccc2)Cc2nnc(Cc3ccccc3)n21. The van der Waals surface area contributed by atoms with Gasteiger partial charge >= 0.3 is 0 Å². The fraction of sp³-hybridized carbons (Fsp3) is 0.286. The third-order valence-electron chi connectivity index (χ3n) is 5.04. The largest absolute Gasteiger partial charge is 0.331 e. The lowest BCUT2D eigenvalue weighted by Crippen LogP contribution is -2.44.